The van der Waals surface area contributed by atoms with Gasteiger partial charge in [0, 0.05) is 0 Å². The molecule has 0 amide bonds. The molecule has 61 heavy (non-hydrogen) atoms. The van der Waals surface area contributed by atoms with Crippen LogP contribution in [0.5, 0.6) is 0 Å². The Bertz CT molecular complexity index is 1340. The molecular weight excluding hydrogens is 792 g/mol. The van der Waals surface area contributed by atoms with Crippen molar-refractivity contribution in [2.45, 2.75) is 250 Å². The summed E-state index contributed by atoms with van der Waals surface area (Å²) in [5.41, 5.74) is -0.329. The van der Waals surface area contributed by atoms with Gasteiger partial charge in [-0.25, -0.2) is 18.0 Å². The predicted molar refractivity (Wildman–Crippen MR) is 251 cm³/mol. The summed E-state index contributed by atoms with van der Waals surface area (Å²) in [5, 5.41) is 0. The van der Waals surface area contributed by atoms with Crippen LogP contribution < -0.4 is 29.6 Å². The molecule has 0 aromatic heterocycles. The maximum absolute atomic E-state index is 13.0. The molecule has 0 saturated carbocycles. The molecule has 0 aliphatic rings. The average molecular weight is 881 g/mol. The Hall–Kier alpha value is -1.45. The Labute approximate surface area is 397 Å². The molecule has 0 heterocycles. The van der Waals surface area contributed by atoms with E-state index in [4.69, 9.17) is 9.47 Å². The third kappa shape index (κ3) is 36.6. The summed E-state index contributed by atoms with van der Waals surface area (Å²) < 4.78 is 46.0. The van der Waals surface area contributed by atoms with Crippen molar-refractivity contribution in [3.63, 3.8) is 0 Å². The van der Waals surface area contributed by atoms with Gasteiger partial charge < -0.3 is 14.0 Å². The van der Waals surface area contributed by atoms with Crippen LogP contribution in [0, 0.1) is 0 Å². The molecule has 1 rings (SSSR count). The van der Waals surface area contributed by atoms with Gasteiger partial charge in [0.1, 0.15) is 10.1 Å². The summed E-state index contributed by atoms with van der Waals surface area (Å²) >= 11 is 0. The number of allylic oxidation sites excluding steroid dienone is 4. The van der Waals surface area contributed by atoms with E-state index in [2.05, 4.69) is 38.2 Å². The first kappa shape index (κ1) is 59.5. The minimum absolute atomic E-state index is 0. The largest absolute Gasteiger partial charge is 1.00 e. The number of rotatable bonds is 43. The number of carbonyl (C=O) groups is 2. The standard InChI is InChI=1S/C52H90O7S.Na/c1-3-5-7-9-11-13-15-17-19-21-23-25-27-29-31-33-35-37-39-41-45-58-51(53)49-44-43-48(60(55,56)57)47-50(49)52(54)59-46-42-40-38-36-34-32-30-28-26-24-22-20-18-16-14-12-10-8-6-4-2;/h3-6,43-44,47H,7-42,45-46H2,1-2H3,(H,55,56,57);/q;+1/p-1/b5-3+,6-4+;. The van der Waals surface area contributed by atoms with E-state index in [1.54, 1.807) is 0 Å². The number of hydrogen-bond acceptors (Lipinski definition) is 7. The topological polar surface area (TPSA) is 110 Å². The maximum atomic E-state index is 13.0. The van der Waals surface area contributed by atoms with Crippen molar-refractivity contribution in [2.75, 3.05) is 13.2 Å². The van der Waals surface area contributed by atoms with Crippen LogP contribution in [0.25, 0.3) is 0 Å². The molecule has 1 aromatic rings. The summed E-state index contributed by atoms with van der Waals surface area (Å²) in [4.78, 5) is 25.3. The van der Waals surface area contributed by atoms with Crippen LogP contribution >= 0.6 is 0 Å². The molecule has 0 aliphatic heterocycles. The first-order chi connectivity index (χ1) is 29.3. The van der Waals surface area contributed by atoms with Gasteiger partial charge in [0.25, 0.3) is 0 Å². The van der Waals surface area contributed by atoms with E-state index in [0.29, 0.717) is 12.8 Å². The number of unbranched alkanes of at least 4 members (excludes halogenated alkanes) is 34. The van der Waals surface area contributed by atoms with Crippen molar-refractivity contribution in [3.05, 3.63) is 53.6 Å². The summed E-state index contributed by atoms with van der Waals surface area (Å²) in [5.74, 6) is -1.54. The van der Waals surface area contributed by atoms with E-state index in [1.807, 2.05) is 0 Å². The van der Waals surface area contributed by atoms with E-state index < -0.39 is 27.0 Å². The zero-order chi connectivity index (χ0) is 43.6. The molecule has 0 radical (unpaired) electrons. The third-order valence-electron chi connectivity index (χ3n) is 11.7. The van der Waals surface area contributed by atoms with E-state index >= 15 is 0 Å². The number of carbonyl (C=O) groups excluding carboxylic acids is 2. The van der Waals surface area contributed by atoms with Gasteiger partial charge in [0.2, 0.25) is 0 Å². The quantitative estimate of drug-likeness (QED) is 0.0211. The summed E-state index contributed by atoms with van der Waals surface area (Å²) in [6.45, 7) is 4.56. The van der Waals surface area contributed by atoms with Gasteiger partial charge in [-0.3, -0.25) is 0 Å². The predicted octanol–water partition coefficient (Wildman–Crippen LogP) is 13.1. The summed E-state index contributed by atoms with van der Waals surface area (Å²) in [7, 11) is -4.82. The van der Waals surface area contributed by atoms with E-state index in [-0.39, 0.29) is 53.9 Å². The Kier molecular flexibility index (Phi) is 42.7. The molecule has 7 nitrogen and oxygen atoms in total. The van der Waals surface area contributed by atoms with Crippen LogP contribution in [0.15, 0.2) is 47.4 Å². The maximum Gasteiger partial charge on any atom is 1.00 e. The second-order valence-electron chi connectivity index (χ2n) is 17.2. The van der Waals surface area contributed by atoms with Crippen molar-refractivity contribution in [1.82, 2.24) is 0 Å². The Balaban J connectivity index is 0.0000360. The fourth-order valence-corrected chi connectivity index (χ4v) is 8.37. The molecule has 0 unspecified atom stereocenters. The fourth-order valence-electron chi connectivity index (χ4n) is 7.88. The molecule has 0 bridgehead atoms. The van der Waals surface area contributed by atoms with Crippen LogP contribution in [0.3, 0.4) is 0 Å². The molecule has 0 N–H and O–H groups in total. The SMILES string of the molecule is C/C=C/CCCCCCCCCCCCCCCCCCCOC(=O)c1ccc(S(=O)(=O)[O-])cc1C(=O)OCCCCCCCCCCCCCCCCCCC/C=C/C.[Na+]. The van der Waals surface area contributed by atoms with Gasteiger partial charge in [0.05, 0.1) is 29.2 Å². The first-order valence-corrected chi connectivity index (χ1v) is 26.4. The number of esters is 2. The second-order valence-corrected chi connectivity index (χ2v) is 18.5. The Morgan fingerprint density at radius 3 is 0.984 bits per heavy atom. The molecule has 0 fully saturated rings. The van der Waals surface area contributed by atoms with Gasteiger partial charge in [-0.2, -0.15) is 0 Å². The first-order valence-electron chi connectivity index (χ1n) is 25.0. The smallest absolute Gasteiger partial charge is 0.744 e. The molecule has 0 aliphatic carbocycles. The van der Waals surface area contributed by atoms with Crippen LogP contribution in [0.4, 0.5) is 0 Å². The van der Waals surface area contributed by atoms with Crippen molar-refractivity contribution < 1.29 is 61.6 Å². The number of ether oxygens (including phenoxy) is 2. The molecule has 0 atom stereocenters. The second kappa shape index (κ2) is 43.8. The molecule has 1 aromatic carbocycles. The summed E-state index contributed by atoms with van der Waals surface area (Å²) in [6, 6.07) is 3.16. The van der Waals surface area contributed by atoms with Crippen LogP contribution in [0.2, 0.25) is 0 Å². The summed E-state index contributed by atoms with van der Waals surface area (Å²) in [6.07, 6.45) is 53.9. The third-order valence-corrected chi connectivity index (χ3v) is 12.5. The van der Waals surface area contributed by atoms with Gasteiger partial charge in [-0.1, -0.05) is 217 Å². The van der Waals surface area contributed by atoms with Gasteiger partial charge in [-0.05, 0) is 70.6 Å². The monoisotopic (exact) mass is 881 g/mol. The van der Waals surface area contributed by atoms with Crippen LogP contribution in [0.1, 0.15) is 266 Å². The zero-order valence-corrected chi connectivity index (χ0v) is 42.5. The zero-order valence-electron chi connectivity index (χ0n) is 39.7. The van der Waals surface area contributed by atoms with Crippen LogP contribution in [-0.4, -0.2) is 38.1 Å². The van der Waals surface area contributed by atoms with E-state index in [1.165, 1.54) is 192 Å². The van der Waals surface area contributed by atoms with Gasteiger partial charge >= 0.3 is 41.5 Å². The Morgan fingerprint density at radius 2 is 0.705 bits per heavy atom. The van der Waals surface area contributed by atoms with Gasteiger partial charge in [-0.15, -0.1) is 0 Å². The molecule has 9 heteroatoms. The minimum atomic E-state index is -4.82. The van der Waals surface area contributed by atoms with Crippen molar-refractivity contribution in [1.29, 1.82) is 0 Å². The van der Waals surface area contributed by atoms with Crippen LogP contribution in [-0.2, 0) is 19.6 Å². The van der Waals surface area contributed by atoms with Crippen molar-refractivity contribution >= 4 is 22.1 Å². The Morgan fingerprint density at radius 1 is 0.443 bits per heavy atom. The number of benzene rings is 1. The fraction of sp³-hybridized carbons (Fsp3) is 0.769. The van der Waals surface area contributed by atoms with Crippen molar-refractivity contribution in [2.24, 2.45) is 0 Å². The molecule has 0 saturated heterocycles. The molecule has 0 spiro atoms. The van der Waals surface area contributed by atoms with Crippen molar-refractivity contribution in [3.8, 4) is 0 Å². The average Bonchev–Trinajstić information content (AvgIpc) is 3.24. The van der Waals surface area contributed by atoms with Gasteiger partial charge in [0.15, 0.2) is 0 Å². The number of hydrogen-bond donors (Lipinski definition) is 0. The minimum Gasteiger partial charge on any atom is -0.744 e. The van der Waals surface area contributed by atoms with E-state index in [0.717, 1.165) is 44.2 Å². The molecule has 346 valence electrons. The van der Waals surface area contributed by atoms with E-state index in [9.17, 15) is 22.6 Å². The molecular formula is C52H89NaO7S. The normalized spacial score (nSPS) is 11.7.